The Morgan fingerprint density at radius 1 is 1.37 bits per heavy atom. The average Bonchev–Trinajstić information content (AvgIpc) is 2.25. The molecular formula is C11H16Br2N2O3S. The quantitative estimate of drug-likeness (QED) is 0.723. The fourth-order valence-corrected chi connectivity index (χ4v) is 4.54. The topological polar surface area (TPSA) is 81.4 Å². The minimum Gasteiger partial charge on any atom is -0.398 e. The van der Waals surface area contributed by atoms with E-state index in [-0.39, 0.29) is 17.1 Å². The molecule has 8 heteroatoms. The highest BCUT2D eigenvalue weighted by molar-refractivity contribution is 9.11. The second-order valence-electron chi connectivity index (χ2n) is 4.59. The third-order valence-electron chi connectivity index (χ3n) is 2.55. The van der Waals surface area contributed by atoms with E-state index >= 15 is 0 Å². The Labute approximate surface area is 130 Å². The summed E-state index contributed by atoms with van der Waals surface area (Å²) in [6.07, 6.45) is 0. The number of nitrogen functional groups attached to an aromatic ring is 1. The van der Waals surface area contributed by atoms with Crippen LogP contribution in [0.1, 0.15) is 13.8 Å². The number of anilines is 1. The average molecular weight is 416 g/mol. The van der Waals surface area contributed by atoms with Gasteiger partial charge in [0.15, 0.2) is 0 Å². The van der Waals surface area contributed by atoms with Crippen LogP contribution in [0.5, 0.6) is 0 Å². The van der Waals surface area contributed by atoms with Crippen LogP contribution in [-0.4, -0.2) is 27.7 Å². The molecule has 0 fully saturated rings. The first kappa shape index (κ1) is 16.9. The molecule has 0 aliphatic heterocycles. The molecule has 1 aromatic rings. The van der Waals surface area contributed by atoms with Gasteiger partial charge >= 0.3 is 0 Å². The summed E-state index contributed by atoms with van der Waals surface area (Å²) in [6.45, 7) is 3.72. The number of hydrogen-bond acceptors (Lipinski definition) is 4. The van der Waals surface area contributed by atoms with E-state index in [9.17, 15) is 8.42 Å². The first-order chi connectivity index (χ1) is 8.59. The van der Waals surface area contributed by atoms with Gasteiger partial charge in [0.05, 0.1) is 11.3 Å². The van der Waals surface area contributed by atoms with Crippen LogP contribution in [0, 0.1) is 0 Å². The molecule has 0 aliphatic carbocycles. The van der Waals surface area contributed by atoms with Crippen molar-refractivity contribution in [2.45, 2.75) is 24.3 Å². The molecule has 0 bridgehead atoms. The number of sulfonamides is 1. The van der Waals surface area contributed by atoms with Crippen LogP contribution in [0.3, 0.4) is 0 Å². The Kier molecular flexibility index (Phi) is 5.42. The number of methoxy groups -OCH3 is 1. The summed E-state index contributed by atoms with van der Waals surface area (Å²) in [6, 6.07) is 3.17. The van der Waals surface area contributed by atoms with Crippen molar-refractivity contribution in [3.63, 3.8) is 0 Å². The molecule has 19 heavy (non-hydrogen) atoms. The number of hydrogen-bond donors (Lipinski definition) is 2. The zero-order chi connectivity index (χ0) is 14.8. The summed E-state index contributed by atoms with van der Waals surface area (Å²) in [5.74, 6) is 0. The van der Waals surface area contributed by atoms with Gasteiger partial charge in [-0.3, -0.25) is 0 Å². The summed E-state index contributed by atoms with van der Waals surface area (Å²) >= 11 is 6.46. The zero-order valence-electron chi connectivity index (χ0n) is 10.8. The summed E-state index contributed by atoms with van der Waals surface area (Å²) in [7, 11) is -2.18. The highest BCUT2D eigenvalue weighted by Crippen LogP contribution is 2.31. The maximum Gasteiger partial charge on any atom is 0.243 e. The molecule has 0 saturated carbocycles. The third kappa shape index (κ3) is 4.42. The highest BCUT2D eigenvalue weighted by Gasteiger charge is 2.25. The summed E-state index contributed by atoms with van der Waals surface area (Å²) in [4.78, 5) is 0.0302. The van der Waals surface area contributed by atoms with Crippen molar-refractivity contribution in [2.75, 3.05) is 19.4 Å². The number of ether oxygens (including phenoxy) is 1. The van der Waals surface area contributed by atoms with E-state index in [0.29, 0.717) is 8.95 Å². The summed E-state index contributed by atoms with van der Waals surface area (Å²) in [5, 5.41) is 0. The van der Waals surface area contributed by atoms with Crippen LogP contribution < -0.4 is 10.5 Å². The largest absolute Gasteiger partial charge is 0.398 e. The van der Waals surface area contributed by atoms with Gasteiger partial charge in [-0.25, -0.2) is 13.1 Å². The van der Waals surface area contributed by atoms with Crippen molar-refractivity contribution in [1.82, 2.24) is 4.72 Å². The van der Waals surface area contributed by atoms with Crippen LogP contribution in [0.15, 0.2) is 26.0 Å². The molecular weight excluding hydrogens is 400 g/mol. The minimum absolute atomic E-state index is 0.0302. The highest BCUT2D eigenvalue weighted by atomic mass is 79.9. The van der Waals surface area contributed by atoms with Gasteiger partial charge in [-0.05, 0) is 41.9 Å². The van der Waals surface area contributed by atoms with E-state index < -0.39 is 15.6 Å². The Morgan fingerprint density at radius 3 is 2.42 bits per heavy atom. The lowest BCUT2D eigenvalue weighted by molar-refractivity contribution is 0.0276. The molecule has 0 atom stereocenters. The standard InChI is InChI=1S/C11H16Br2N2O3S/c1-11(2,18-3)6-15-19(16,17)10-8(13)4-7(12)5-9(10)14/h4-5,15H,6,14H2,1-3H3. The lowest BCUT2D eigenvalue weighted by atomic mass is 10.1. The number of benzene rings is 1. The van der Waals surface area contributed by atoms with Gasteiger partial charge in [0.25, 0.3) is 0 Å². The maximum atomic E-state index is 12.3. The predicted molar refractivity (Wildman–Crippen MR) is 82.5 cm³/mol. The Hall–Kier alpha value is -0.150. The van der Waals surface area contributed by atoms with Gasteiger partial charge < -0.3 is 10.5 Å². The van der Waals surface area contributed by atoms with E-state index in [1.165, 1.54) is 7.11 Å². The van der Waals surface area contributed by atoms with Crippen molar-refractivity contribution < 1.29 is 13.2 Å². The minimum atomic E-state index is -3.70. The van der Waals surface area contributed by atoms with Gasteiger partial charge in [-0.2, -0.15) is 0 Å². The number of halogens is 2. The maximum absolute atomic E-state index is 12.3. The van der Waals surface area contributed by atoms with Crippen molar-refractivity contribution in [2.24, 2.45) is 0 Å². The van der Waals surface area contributed by atoms with E-state index in [1.807, 2.05) is 0 Å². The molecule has 1 aromatic carbocycles. The molecule has 1 rings (SSSR count). The first-order valence-electron chi connectivity index (χ1n) is 5.38. The molecule has 5 nitrogen and oxygen atoms in total. The lowest BCUT2D eigenvalue weighted by Gasteiger charge is -2.23. The number of nitrogens with one attached hydrogen (secondary N) is 1. The van der Waals surface area contributed by atoms with Gasteiger partial charge in [0.1, 0.15) is 4.90 Å². The fourth-order valence-electron chi connectivity index (χ4n) is 1.28. The molecule has 3 N–H and O–H groups in total. The lowest BCUT2D eigenvalue weighted by Crippen LogP contribution is -2.40. The first-order valence-corrected chi connectivity index (χ1v) is 8.45. The summed E-state index contributed by atoms with van der Waals surface area (Å²) < 4.78 is 33.3. The summed E-state index contributed by atoms with van der Waals surface area (Å²) in [5.41, 5.74) is 5.35. The normalized spacial score (nSPS) is 12.7. The molecule has 0 aromatic heterocycles. The zero-order valence-corrected chi connectivity index (χ0v) is 14.8. The molecule has 0 radical (unpaired) electrons. The molecule has 108 valence electrons. The Balaban J connectivity index is 3.09. The predicted octanol–water partition coefficient (Wildman–Crippen LogP) is 2.50. The van der Waals surface area contributed by atoms with Gasteiger partial charge in [-0.1, -0.05) is 15.9 Å². The Morgan fingerprint density at radius 2 is 1.95 bits per heavy atom. The molecule has 0 heterocycles. The van der Waals surface area contributed by atoms with Crippen LogP contribution in [0.4, 0.5) is 5.69 Å². The second-order valence-corrected chi connectivity index (χ2v) is 8.07. The molecule has 0 amide bonds. The van der Waals surface area contributed by atoms with E-state index in [4.69, 9.17) is 10.5 Å². The molecule has 0 saturated heterocycles. The second kappa shape index (κ2) is 6.09. The van der Waals surface area contributed by atoms with Crippen molar-refractivity contribution in [3.8, 4) is 0 Å². The third-order valence-corrected chi connectivity index (χ3v) is 5.41. The van der Waals surface area contributed by atoms with Gasteiger partial charge in [0.2, 0.25) is 10.0 Å². The van der Waals surface area contributed by atoms with Crippen LogP contribution >= 0.6 is 31.9 Å². The SMILES string of the molecule is COC(C)(C)CNS(=O)(=O)c1c(N)cc(Br)cc1Br. The van der Waals surface area contributed by atoms with Crippen molar-refractivity contribution in [1.29, 1.82) is 0 Å². The number of nitrogens with two attached hydrogens (primary N) is 1. The van der Waals surface area contributed by atoms with E-state index in [0.717, 1.165) is 0 Å². The van der Waals surface area contributed by atoms with Crippen molar-refractivity contribution in [3.05, 3.63) is 21.1 Å². The van der Waals surface area contributed by atoms with Crippen LogP contribution in [-0.2, 0) is 14.8 Å². The fraction of sp³-hybridized carbons (Fsp3) is 0.455. The molecule has 0 unspecified atom stereocenters. The molecule has 0 aliphatic rings. The van der Waals surface area contributed by atoms with Crippen molar-refractivity contribution >= 4 is 47.6 Å². The van der Waals surface area contributed by atoms with E-state index in [1.54, 1.807) is 26.0 Å². The van der Waals surface area contributed by atoms with E-state index in [2.05, 4.69) is 36.6 Å². The molecule has 0 spiro atoms. The Bertz CT molecular complexity index is 550. The van der Waals surface area contributed by atoms with Gasteiger partial charge in [-0.15, -0.1) is 0 Å². The number of rotatable bonds is 5. The van der Waals surface area contributed by atoms with Crippen LogP contribution in [0.2, 0.25) is 0 Å². The van der Waals surface area contributed by atoms with Gasteiger partial charge in [0, 0.05) is 22.6 Å². The monoisotopic (exact) mass is 414 g/mol. The van der Waals surface area contributed by atoms with Crippen LogP contribution in [0.25, 0.3) is 0 Å². The smallest absolute Gasteiger partial charge is 0.243 e.